The van der Waals surface area contributed by atoms with Gasteiger partial charge in [0, 0.05) is 11.6 Å². The Labute approximate surface area is 113 Å². The van der Waals surface area contributed by atoms with Crippen LogP contribution in [0.3, 0.4) is 0 Å². The number of aromatic amines is 1. The molecule has 1 unspecified atom stereocenters. The summed E-state index contributed by atoms with van der Waals surface area (Å²) in [4.78, 5) is 23.5. The van der Waals surface area contributed by atoms with Crippen molar-refractivity contribution in [3.8, 4) is 0 Å². The fourth-order valence-electron chi connectivity index (χ4n) is 1.84. The second-order valence-corrected chi connectivity index (χ2v) is 5.07. The number of hydrogen-bond acceptors (Lipinski definition) is 4. The number of nitrogens with one attached hydrogen (secondary N) is 2. The van der Waals surface area contributed by atoms with Gasteiger partial charge < -0.3 is 10.3 Å². The van der Waals surface area contributed by atoms with Crippen LogP contribution in [0.1, 0.15) is 28.6 Å². The van der Waals surface area contributed by atoms with Crippen LogP contribution in [0.15, 0.2) is 35.8 Å². The lowest BCUT2D eigenvalue weighted by molar-refractivity contribution is 0.0938. The van der Waals surface area contributed by atoms with Crippen LogP contribution < -0.4 is 5.32 Å². The first-order chi connectivity index (χ1) is 9.24. The second-order valence-electron chi connectivity index (χ2n) is 4.17. The van der Waals surface area contributed by atoms with E-state index in [9.17, 15) is 4.79 Å². The van der Waals surface area contributed by atoms with Crippen molar-refractivity contribution in [1.29, 1.82) is 0 Å². The minimum Gasteiger partial charge on any atom is -0.340 e. The molecule has 2 heterocycles. The Balaban J connectivity index is 1.80. The van der Waals surface area contributed by atoms with Crippen LogP contribution in [0.4, 0.5) is 0 Å². The first kappa shape index (κ1) is 11.9. The van der Waals surface area contributed by atoms with Crippen LogP contribution in [0.5, 0.6) is 0 Å². The van der Waals surface area contributed by atoms with E-state index in [4.69, 9.17) is 0 Å². The Morgan fingerprint density at radius 3 is 3.00 bits per heavy atom. The van der Waals surface area contributed by atoms with E-state index in [0.29, 0.717) is 5.01 Å². The average Bonchev–Trinajstić information content (AvgIpc) is 3.07. The molecule has 3 aromatic rings. The molecule has 0 aliphatic heterocycles. The summed E-state index contributed by atoms with van der Waals surface area (Å²) < 4.78 is 0. The number of imidazole rings is 1. The highest BCUT2D eigenvalue weighted by Crippen LogP contribution is 2.16. The summed E-state index contributed by atoms with van der Waals surface area (Å²) in [6.07, 6.45) is 1.62. The van der Waals surface area contributed by atoms with Crippen molar-refractivity contribution in [2.75, 3.05) is 0 Å². The Morgan fingerprint density at radius 1 is 1.42 bits per heavy atom. The first-order valence-electron chi connectivity index (χ1n) is 5.89. The van der Waals surface area contributed by atoms with E-state index in [1.165, 1.54) is 11.3 Å². The second kappa shape index (κ2) is 4.81. The summed E-state index contributed by atoms with van der Waals surface area (Å²) in [5.74, 6) is 0.564. The van der Waals surface area contributed by atoms with Crippen LogP contribution in [-0.2, 0) is 0 Å². The molecule has 3 rings (SSSR count). The van der Waals surface area contributed by atoms with E-state index >= 15 is 0 Å². The topological polar surface area (TPSA) is 70.7 Å². The van der Waals surface area contributed by atoms with E-state index in [0.717, 1.165) is 16.9 Å². The van der Waals surface area contributed by atoms with Gasteiger partial charge in [0.25, 0.3) is 5.91 Å². The number of fused-ring (bicyclic) bond motifs is 1. The molecule has 1 aromatic carbocycles. The molecule has 19 heavy (non-hydrogen) atoms. The maximum Gasteiger partial charge on any atom is 0.280 e. The third kappa shape index (κ3) is 2.34. The van der Waals surface area contributed by atoms with E-state index in [2.05, 4.69) is 20.3 Å². The number of aromatic nitrogens is 3. The Hall–Kier alpha value is -2.21. The van der Waals surface area contributed by atoms with E-state index in [1.54, 1.807) is 11.6 Å². The van der Waals surface area contributed by atoms with Gasteiger partial charge in [0.2, 0.25) is 0 Å². The van der Waals surface area contributed by atoms with E-state index in [-0.39, 0.29) is 11.9 Å². The number of nitrogens with zero attached hydrogens (tertiary/aromatic N) is 2. The minimum absolute atomic E-state index is 0.178. The van der Waals surface area contributed by atoms with Gasteiger partial charge in [-0.1, -0.05) is 12.1 Å². The van der Waals surface area contributed by atoms with Gasteiger partial charge in [0.05, 0.1) is 17.1 Å². The number of carbonyl (C=O) groups excluding carboxylic acids is 1. The van der Waals surface area contributed by atoms with Crippen molar-refractivity contribution in [3.05, 3.63) is 46.7 Å². The fourth-order valence-corrected chi connectivity index (χ4v) is 2.38. The molecule has 0 spiro atoms. The molecule has 96 valence electrons. The van der Waals surface area contributed by atoms with Gasteiger partial charge in [-0.2, -0.15) is 0 Å². The van der Waals surface area contributed by atoms with Crippen molar-refractivity contribution in [3.63, 3.8) is 0 Å². The van der Waals surface area contributed by atoms with E-state index in [1.807, 2.05) is 31.2 Å². The standard InChI is InChI=1S/C13H12N4OS/c1-8(15-12(18)13-14-6-7-19-13)11-16-9-4-2-3-5-10(9)17-11/h2-8H,1H3,(H,15,18)(H,16,17). The van der Waals surface area contributed by atoms with Crippen LogP contribution in [0.25, 0.3) is 11.0 Å². The van der Waals surface area contributed by atoms with Crippen molar-refractivity contribution in [1.82, 2.24) is 20.3 Å². The monoisotopic (exact) mass is 272 g/mol. The Kier molecular flexibility index (Phi) is 3.00. The predicted octanol–water partition coefficient (Wildman–Crippen LogP) is 2.51. The van der Waals surface area contributed by atoms with Gasteiger partial charge >= 0.3 is 0 Å². The normalized spacial score (nSPS) is 12.5. The number of hydrogen-bond donors (Lipinski definition) is 2. The van der Waals surface area contributed by atoms with Crippen molar-refractivity contribution >= 4 is 28.3 Å². The number of carbonyl (C=O) groups is 1. The van der Waals surface area contributed by atoms with Gasteiger partial charge in [-0.25, -0.2) is 9.97 Å². The van der Waals surface area contributed by atoms with Crippen LogP contribution in [0.2, 0.25) is 0 Å². The Morgan fingerprint density at radius 2 is 2.26 bits per heavy atom. The lowest BCUT2D eigenvalue weighted by Crippen LogP contribution is -2.27. The minimum atomic E-state index is -0.191. The predicted molar refractivity (Wildman–Crippen MR) is 74.1 cm³/mol. The number of amides is 1. The molecule has 0 saturated carbocycles. The van der Waals surface area contributed by atoms with Gasteiger partial charge in [-0.15, -0.1) is 11.3 Å². The van der Waals surface area contributed by atoms with Crippen LogP contribution >= 0.6 is 11.3 Å². The highest BCUT2D eigenvalue weighted by atomic mass is 32.1. The largest absolute Gasteiger partial charge is 0.340 e. The zero-order valence-corrected chi connectivity index (χ0v) is 11.1. The maximum absolute atomic E-state index is 11.9. The molecule has 0 saturated heterocycles. The molecule has 1 amide bonds. The summed E-state index contributed by atoms with van der Waals surface area (Å²) in [5, 5.41) is 5.11. The summed E-state index contributed by atoms with van der Waals surface area (Å²) >= 11 is 1.32. The third-order valence-electron chi connectivity index (χ3n) is 2.79. The summed E-state index contributed by atoms with van der Waals surface area (Å²) in [6, 6.07) is 7.59. The quantitative estimate of drug-likeness (QED) is 0.769. The van der Waals surface area contributed by atoms with E-state index < -0.39 is 0 Å². The lowest BCUT2D eigenvalue weighted by atomic mass is 10.3. The van der Waals surface area contributed by atoms with Crippen LogP contribution in [-0.4, -0.2) is 20.9 Å². The molecule has 0 fully saturated rings. The van der Waals surface area contributed by atoms with Crippen molar-refractivity contribution in [2.45, 2.75) is 13.0 Å². The van der Waals surface area contributed by atoms with Gasteiger partial charge in [0.15, 0.2) is 5.01 Å². The number of rotatable bonds is 3. The lowest BCUT2D eigenvalue weighted by Gasteiger charge is -2.09. The number of para-hydroxylation sites is 2. The zero-order valence-electron chi connectivity index (χ0n) is 10.3. The SMILES string of the molecule is CC(NC(=O)c1nccs1)c1nc2ccccc2[nH]1. The van der Waals surface area contributed by atoms with Gasteiger partial charge in [-0.05, 0) is 19.1 Å². The molecule has 2 N–H and O–H groups in total. The molecule has 2 aromatic heterocycles. The zero-order chi connectivity index (χ0) is 13.2. The van der Waals surface area contributed by atoms with Gasteiger partial charge in [-0.3, -0.25) is 4.79 Å². The molecule has 0 aliphatic rings. The summed E-state index contributed by atoms with van der Waals surface area (Å²) in [7, 11) is 0. The highest BCUT2D eigenvalue weighted by Gasteiger charge is 2.15. The fraction of sp³-hybridized carbons (Fsp3) is 0.154. The Bertz CT molecular complexity index is 671. The number of benzene rings is 1. The molecule has 0 bridgehead atoms. The molecule has 0 radical (unpaired) electrons. The smallest absolute Gasteiger partial charge is 0.280 e. The third-order valence-corrected chi connectivity index (χ3v) is 3.56. The number of thiazole rings is 1. The molecule has 6 heteroatoms. The van der Waals surface area contributed by atoms with Crippen molar-refractivity contribution < 1.29 is 4.79 Å². The molecular formula is C13H12N4OS. The first-order valence-corrected chi connectivity index (χ1v) is 6.77. The molecule has 0 aliphatic carbocycles. The summed E-state index contributed by atoms with van der Waals surface area (Å²) in [5.41, 5.74) is 1.86. The van der Waals surface area contributed by atoms with Crippen LogP contribution in [0, 0.1) is 0 Å². The van der Waals surface area contributed by atoms with Gasteiger partial charge in [0.1, 0.15) is 5.82 Å². The maximum atomic E-state index is 11.9. The molecule has 5 nitrogen and oxygen atoms in total. The average molecular weight is 272 g/mol. The highest BCUT2D eigenvalue weighted by molar-refractivity contribution is 7.11. The summed E-state index contributed by atoms with van der Waals surface area (Å²) in [6.45, 7) is 1.89. The molecule has 1 atom stereocenters. The number of H-pyrrole nitrogens is 1. The molecular weight excluding hydrogens is 260 g/mol. The van der Waals surface area contributed by atoms with Crippen molar-refractivity contribution in [2.24, 2.45) is 0 Å².